The van der Waals surface area contributed by atoms with Crippen molar-refractivity contribution in [3.63, 3.8) is 0 Å². The Morgan fingerprint density at radius 1 is 1.08 bits per heavy atom. The fourth-order valence-corrected chi connectivity index (χ4v) is 4.60. The molecule has 0 saturated carbocycles. The minimum Gasteiger partial charge on any atom is -0.359 e. The van der Waals surface area contributed by atoms with Crippen LogP contribution in [0.15, 0.2) is 104 Å². The Hall–Kier alpha value is -4.71. The number of aromatic amines is 2. The molecule has 4 aromatic heterocycles. The number of pyridine rings is 2. The molecule has 0 unspecified atom stereocenters. The summed E-state index contributed by atoms with van der Waals surface area (Å²) in [5, 5.41) is 13.2. The number of nitrogens with zero attached hydrogens (tertiary/aromatic N) is 3. The molecule has 3 N–H and O–H groups in total. The maximum absolute atomic E-state index is 4.67. The van der Waals surface area contributed by atoms with E-state index in [2.05, 4.69) is 87.0 Å². The van der Waals surface area contributed by atoms with Crippen LogP contribution in [-0.4, -0.2) is 25.1 Å². The van der Waals surface area contributed by atoms with Crippen LogP contribution in [0.1, 0.15) is 38.7 Å². The Bertz CT molecular complexity index is 1670. The Morgan fingerprint density at radius 2 is 1.97 bits per heavy atom. The molecular formula is C32H32N6. The predicted molar refractivity (Wildman–Crippen MR) is 158 cm³/mol. The van der Waals surface area contributed by atoms with E-state index in [1.54, 1.807) is 0 Å². The first-order chi connectivity index (χ1) is 18.6. The monoisotopic (exact) mass is 500 g/mol. The number of hydrogen-bond donors (Lipinski definition) is 3. The SMILES string of the molecule is C=C/C(=C\C(=C/C)c1cnc2[nH]nc(-c3cc4c(-c5ccccn5)cccc4[nH]3)c2c1)NC(=C)CCCC. The van der Waals surface area contributed by atoms with Gasteiger partial charge in [-0.2, -0.15) is 5.10 Å². The Kier molecular flexibility index (Phi) is 7.31. The summed E-state index contributed by atoms with van der Waals surface area (Å²) >= 11 is 0. The van der Waals surface area contributed by atoms with Gasteiger partial charge >= 0.3 is 0 Å². The van der Waals surface area contributed by atoms with E-state index in [9.17, 15) is 0 Å². The highest BCUT2D eigenvalue weighted by molar-refractivity contribution is 6.00. The van der Waals surface area contributed by atoms with Crippen LogP contribution in [0.4, 0.5) is 0 Å². The van der Waals surface area contributed by atoms with E-state index in [1.165, 1.54) is 0 Å². The number of allylic oxidation sites excluding steroid dienone is 5. The molecule has 6 nitrogen and oxygen atoms in total. The van der Waals surface area contributed by atoms with Gasteiger partial charge in [-0.05, 0) is 67.8 Å². The highest BCUT2D eigenvalue weighted by atomic mass is 15.2. The van der Waals surface area contributed by atoms with Crippen LogP contribution >= 0.6 is 0 Å². The number of rotatable bonds is 10. The third kappa shape index (κ3) is 5.06. The number of benzene rings is 1. The van der Waals surface area contributed by atoms with E-state index < -0.39 is 0 Å². The summed E-state index contributed by atoms with van der Waals surface area (Å²) in [6.07, 6.45) is 12.8. The molecule has 0 atom stereocenters. The first-order valence-corrected chi connectivity index (χ1v) is 12.9. The highest BCUT2D eigenvalue weighted by Crippen LogP contribution is 2.34. The zero-order valence-electron chi connectivity index (χ0n) is 21.9. The number of unbranched alkanes of at least 4 members (excludes halogenated alkanes) is 1. The topological polar surface area (TPSA) is 82.3 Å². The van der Waals surface area contributed by atoms with Crippen LogP contribution in [0.25, 0.3) is 50.2 Å². The molecule has 0 aliphatic carbocycles. The molecule has 0 bridgehead atoms. The molecule has 0 aliphatic heterocycles. The van der Waals surface area contributed by atoms with Gasteiger partial charge in [0.05, 0.1) is 11.4 Å². The van der Waals surface area contributed by atoms with Crippen molar-refractivity contribution < 1.29 is 0 Å². The lowest BCUT2D eigenvalue weighted by Crippen LogP contribution is -2.10. The second-order valence-electron chi connectivity index (χ2n) is 9.24. The van der Waals surface area contributed by atoms with Crippen molar-refractivity contribution >= 4 is 27.5 Å². The van der Waals surface area contributed by atoms with Crippen molar-refractivity contribution in [2.45, 2.75) is 33.1 Å². The average molecular weight is 501 g/mol. The summed E-state index contributed by atoms with van der Waals surface area (Å²) in [5.74, 6) is 0. The third-order valence-corrected chi connectivity index (χ3v) is 6.61. The molecule has 6 heteroatoms. The number of aromatic nitrogens is 5. The second-order valence-corrected chi connectivity index (χ2v) is 9.24. The lowest BCUT2D eigenvalue weighted by Gasteiger charge is -2.11. The van der Waals surface area contributed by atoms with E-state index >= 15 is 0 Å². The van der Waals surface area contributed by atoms with E-state index in [0.29, 0.717) is 0 Å². The number of fused-ring (bicyclic) bond motifs is 2. The molecule has 0 radical (unpaired) electrons. The van der Waals surface area contributed by atoms with E-state index in [0.717, 1.165) is 86.4 Å². The highest BCUT2D eigenvalue weighted by Gasteiger charge is 2.15. The molecule has 4 heterocycles. The van der Waals surface area contributed by atoms with Gasteiger partial charge in [-0.1, -0.05) is 50.8 Å². The molecule has 0 fully saturated rings. The lowest BCUT2D eigenvalue weighted by atomic mass is 10.0. The van der Waals surface area contributed by atoms with Gasteiger partial charge < -0.3 is 10.3 Å². The van der Waals surface area contributed by atoms with Gasteiger partial charge in [0.2, 0.25) is 0 Å². The predicted octanol–water partition coefficient (Wildman–Crippen LogP) is 7.93. The summed E-state index contributed by atoms with van der Waals surface area (Å²) in [7, 11) is 0. The van der Waals surface area contributed by atoms with Crippen molar-refractivity contribution in [2.75, 3.05) is 0 Å². The van der Waals surface area contributed by atoms with E-state index in [4.69, 9.17) is 0 Å². The molecule has 5 aromatic rings. The summed E-state index contributed by atoms with van der Waals surface area (Å²) in [5.41, 5.74) is 9.46. The van der Waals surface area contributed by atoms with Gasteiger partial charge in [0, 0.05) is 51.2 Å². The van der Waals surface area contributed by atoms with Gasteiger partial charge in [0.15, 0.2) is 5.65 Å². The summed E-state index contributed by atoms with van der Waals surface area (Å²) in [4.78, 5) is 12.8. The fourth-order valence-electron chi connectivity index (χ4n) is 4.60. The molecule has 0 amide bonds. The van der Waals surface area contributed by atoms with Gasteiger partial charge in [-0.25, -0.2) is 4.98 Å². The van der Waals surface area contributed by atoms with Crippen molar-refractivity contribution in [3.05, 3.63) is 109 Å². The van der Waals surface area contributed by atoms with E-state index in [1.807, 2.05) is 49.7 Å². The van der Waals surface area contributed by atoms with Crippen LogP contribution in [0.2, 0.25) is 0 Å². The molecule has 0 aliphatic rings. The quantitative estimate of drug-likeness (QED) is 0.170. The van der Waals surface area contributed by atoms with Crippen molar-refractivity contribution in [3.8, 4) is 22.6 Å². The second kappa shape index (κ2) is 11.1. The first-order valence-electron chi connectivity index (χ1n) is 12.9. The van der Waals surface area contributed by atoms with Crippen LogP contribution < -0.4 is 5.32 Å². The number of nitrogens with one attached hydrogen (secondary N) is 3. The maximum Gasteiger partial charge on any atom is 0.155 e. The molecular weight excluding hydrogens is 468 g/mol. The standard InChI is InChI=1S/C32H32N6/c1-5-8-12-21(4)35-24(7-3)17-22(6-2)23-18-27-31(37-38-32(27)34-20-23)30-19-26-25(13-11-15-29(26)36-30)28-14-9-10-16-33-28/h6-7,9-11,13-20,35-36H,3-5,8,12H2,1-2H3,(H,34,37,38)/b22-6+,24-17+. The third-order valence-electron chi connectivity index (χ3n) is 6.61. The Balaban J connectivity index is 1.52. The van der Waals surface area contributed by atoms with Crippen LogP contribution in [0.5, 0.6) is 0 Å². The van der Waals surface area contributed by atoms with Crippen molar-refractivity contribution in [1.82, 2.24) is 30.5 Å². The number of H-pyrrole nitrogens is 2. The Morgan fingerprint density at radius 3 is 2.74 bits per heavy atom. The van der Waals surface area contributed by atoms with Gasteiger partial charge in [-0.3, -0.25) is 10.1 Å². The maximum atomic E-state index is 4.67. The summed E-state index contributed by atoms with van der Waals surface area (Å²) < 4.78 is 0. The molecule has 190 valence electrons. The number of hydrogen-bond acceptors (Lipinski definition) is 4. The van der Waals surface area contributed by atoms with Crippen LogP contribution in [-0.2, 0) is 0 Å². The first kappa shape index (κ1) is 25.0. The molecule has 1 aromatic carbocycles. The Labute approximate surface area is 222 Å². The van der Waals surface area contributed by atoms with Crippen molar-refractivity contribution in [1.29, 1.82) is 0 Å². The summed E-state index contributed by atoms with van der Waals surface area (Å²) in [6.45, 7) is 12.3. The zero-order valence-corrected chi connectivity index (χ0v) is 21.9. The largest absolute Gasteiger partial charge is 0.359 e. The minimum absolute atomic E-state index is 0.738. The van der Waals surface area contributed by atoms with Crippen LogP contribution in [0.3, 0.4) is 0 Å². The van der Waals surface area contributed by atoms with E-state index in [-0.39, 0.29) is 0 Å². The fraction of sp³-hybridized carbons (Fsp3) is 0.156. The normalized spacial score (nSPS) is 12.3. The lowest BCUT2D eigenvalue weighted by molar-refractivity contribution is 0.751. The average Bonchev–Trinajstić information content (AvgIpc) is 3.58. The molecule has 5 rings (SSSR count). The van der Waals surface area contributed by atoms with Crippen molar-refractivity contribution in [2.24, 2.45) is 0 Å². The van der Waals surface area contributed by atoms with Gasteiger partial charge in [-0.15, -0.1) is 0 Å². The molecule has 0 spiro atoms. The zero-order chi connectivity index (χ0) is 26.5. The van der Waals surface area contributed by atoms with Crippen LogP contribution in [0, 0.1) is 0 Å². The van der Waals surface area contributed by atoms with Gasteiger partial charge in [0.25, 0.3) is 0 Å². The molecule has 0 saturated heterocycles. The minimum atomic E-state index is 0.738. The van der Waals surface area contributed by atoms with Gasteiger partial charge in [0.1, 0.15) is 5.69 Å². The summed E-state index contributed by atoms with van der Waals surface area (Å²) in [6, 6.07) is 16.4. The smallest absolute Gasteiger partial charge is 0.155 e. The molecule has 38 heavy (non-hydrogen) atoms.